The van der Waals surface area contributed by atoms with Crippen molar-refractivity contribution in [3.05, 3.63) is 70.5 Å². The minimum absolute atomic E-state index is 0.0834. The molecule has 0 saturated heterocycles. The summed E-state index contributed by atoms with van der Waals surface area (Å²) in [6.45, 7) is 4.75. The van der Waals surface area contributed by atoms with E-state index in [1.54, 1.807) is 23.7 Å². The first-order valence-corrected chi connectivity index (χ1v) is 10.5. The summed E-state index contributed by atoms with van der Waals surface area (Å²) in [5.41, 5.74) is 6.76. The monoisotopic (exact) mass is 417 g/mol. The van der Waals surface area contributed by atoms with E-state index in [0.717, 1.165) is 34.9 Å². The van der Waals surface area contributed by atoms with Gasteiger partial charge in [0, 0.05) is 29.5 Å². The van der Waals surface area contributed by atoms with Gasteiger partial charge < -0.3 is 10.5 Å². The molecule has 1 aromatic rings. The minimum atomic E-state index is -0.567. The Morgan fingerprint density at radius 1 is 1.39 bits per heavy atom. The molecule has 1 spiro atoms. The zero-order valence-electron chi connectivity index (χ0n) is 16.0. The number of allylic oxidation sites excluding steroid dienone is 3. The van der Waals surface area contributed by atoms with Crippen molar-refractivity contribution in [1.29, 1.82) is 0 Å². The van der Waals surface area contributed by atoms with E-state index in [4.69, 9.17) is 22.1 Å². The van der Waals surface area contributed by atoms with Gasteiger partial charge in [-0.25, -0.2) is 5.01 Å². The van der Waals surface area contributed by atoms with Crippen molar-refractivity contribution in [3.63, 3.8) is 0 Å². The lowest BCUT2D eigenvalue weighted by atomic mass is 9.98. The maximum absolute atomic E-state index is 12.4. The van der Waals surface area contributed by atoms with Crippen molar-refractivity contribution in [1.82, 2.24) is 5.01 Å². The van der Waals surface area contributed by atoms with Crippen LogP contribution in [0.1, 0.15) is 32.3 Å². The second-order valence-electron chi connectivity index (χ2n) is 6.46. The number of hydrazone groups is 1. The number of amides is 1. The lowest BCUT2D eigenvalue weighted by Crippen LogP contribution is -2.47. The molecular weight excluding hydrogens is 394 g/mol. The molecule has 2 N–H and O–H groups in total. The van der Waals surface area contributed by atoms with Gasteiger partial charge >= 0.3 is 0 Å². The summed E-state index contributed by atoms with van der Waals surface area (Å²) in [6, 6.07) is 7.57. The molecule has 2 heterocycles. The standard InChI is InChI=1S/C19H17ClN2O2S.C2H7N/c1-13(23)22-19(10-11-24-17-9-4-2-3-8-16(17)19)25-18(21-22)14-6-5-7-15(20)12-14;1-2-3/h3-9,12H,2,10-11H2,1H3;2-3H2,1H3/t19-;/m0./s1. The van der Waals surface area contributed by atoms with Crippen LogP contribution in [0.3, 0.4) is 0 Å². The molecule has 0 bridgehead atoms. The van der Waals surface area contributed by atoms with Crippen LogP contribution in [0.15, 0.2) is 65.0 Å². The van der Waals surface area contributed by atoms with Gasteiger partial charge in [-0.2, -0.15) is 5.10 Å². The van der Waals surface area contributed by atoms with Crippen molar-refractivity contribution in [2.45, 2.75) is 31.6 Å². The number of halogens is 1. The smallest absolute Gasteiger partial charge is 0.241 e. The Bertz CT molecular complexity index is 878. The number of thioether (sulfide) groups is 1. The van der Waals surface area contributed by atoms with Crippen LogP contribution in [0.5, 0.6) is 0 Å². The summed E-state index contributed by atoms with van der Waals surface area (Å²) in [6.07, 6.45) is 9.74. The minimum Gasteiger partial charge on any atom is -0.493 e. The first kappa shape index (κ1) is 20.7. The van der Waals surface area contributed by atoms with E-state index in [0.29, 0.717) is 18.1 Å². The number of carbonyl (C=O) groups is 1. The normalized spacial score (nSPS) is 22.9. The summed E-state index contributed by atoms with van der Waals surface area (Å²) in [5.74, 6) is 0.737. The Morgan fingerprint density at radius 3 is 2.86 bits per heavy atom. The lowest BCUT2D eigenvalue weighted by Gasteiger charge is -2.39. The van der Waals surface area contributed by atoms with E-state index in [1.165, 1.54) is 0 Å². The number of hydrogen-bond acceptors (Lipinski definition) is 5. The van der Waals surface area contributed by atoms with Crippen LogP contribution in [0.4, 0.5) is 0 Å². The molecule has 5 nitrogen and oxygen atoms in total. The van der Waals surface area contributed by atoms with E-state index in [1.807, 2.05) is 37.3 Å². The third-order valence-electron chi connectivity index (χ3n) is 4.38. The highest BCUT2D eigenvalue weighted by atomic mass is 35.5. The predicted octanol–water partition coefficient (Wildman–Crippen LogP) is 4.45. The van der Waals surface area contributed by atoms with Crippen molar-refractivity contribution in [2.24, 2.45) is 10.8 Å². The molecule has 148 valence electrons. The van der Waals surface area contributed by atoms with Crippen LogP contribution in [0.2, 0.25) is 5.02 Å². The van der Waals surface area contributed by atoms with Crippen LogP contribution >= 0.6 is 23.4 Å². The van der Waals surface area contributed by atoms with E-state index in [2.05, 4.69) is 23.3 Å². The molecule has 4 rings (SSSR count). The molecule has 0 fully saturated rings. The number of benzene rings is 1. The molecule has 3 aliphatic rings. The van der Waals surface area contributed by atoms with Crippen LogP contribution in [0.25, 0.3) is 0 Å². The van der Waals surface area contributed by atoms with Crippen LogP contribution in [-0.2, 0) is 9.53 Å². The van der Waals surface area contributed by atoms with Crippen molar-refractivity contribution >= 4 is 34.3 Å². The zero-order chi connectivity index (χ0) is 20.1. The number of fused-ring (bicyclic) bond motifs is 1. The zero-order valence-corrected chi connectivity index (χ0v) is 17.6. The third kappa shape index (κ3) is 4.04. The van der Waals surface area contributed by atoms with Gasteiger partial charge in [-0.1, -0.05) is 60.6 Å². The first-order valence-electron chi connectivity index (χ1n) is 9.27. The number of nitrogens with two attached hydrogens (primary N) is 1. The maximum atomic E-state index is 12.4. The second kappa shape index (κ2) is 8.99. The van der Waals surface area contributed by atoms with Gasteiger partial charge in [0.1, 0.15) is 15.7 Å². The fourth-order valence-corrected chi connectivity index (χ4v) is 4.88. The van der Waals surface area contributed by atoms with Gasteiger partial charge in [-0.05, 0) is 31.2 Å². The highest BCUT2D eigenvalue weighted by molar-refractivity contribution is 8.16. The lowest BCUT2D eigenvalue weighted by molar-refractivity contribution is -0.131. The number of ether oxygens (including phenoxy) is 1. The average Bonchev–Trinajstić information content (AvgIpc) is 2.86. The molecule has 0 unspecified atom stereocenters. The fraction of sp³-hybridized carbons (Fsp3) is 0.333. The van der Waals surface area contributed by atoms with Crippen molar-refractivity contribution in [2.75, 3.05) is 13.2 Å². The van der Waals surface area contributed by atoms with E-state index < -0.39 is 4.87 Å². The Kier molecular flexibility index (Phi) is 6.65. The molecule has 7 heteroatoms. The first-order chi connectivity index (χ1) is 13.5. The maximum Gasteiger partial charge on any atom is 0.241 e. The topological polar surface area (TPSA) is 67.9 Å². The summed E-state index contributed by atoms with van der Waals surface area (Å²) in [5, 5.41) is 7.71. The van der Waals surface area contributed by atoms with Crippen LogP contribution in [0, 0.1) is 0 Å². The fourth-order valence-electron chi connectivity index (χ4n) is 3.28. The highest BCUT2D eigenvalue weighted by Gasteiger charge is 2.51. The van der Waals surface area contributed by atoms with Gasteiger partial charge in [0.15, 0.2) is 0 Å². The molecule has 2 aliphatic heterocycles. The SMILES string of the molecule is CC(=O)N1N=C(c2cccc(Cl)c2)S[C@]12CCOC1=C2C=CCC=C1.CCN. The Balaban J connectivity index is 0.000000706. The van der Waals surface area contributed by atoms with Crippen LogP contribution in [-0.4, -0.2) is 34.0 Å². The molecule has 0 saturated carbocycles. The van der Waals surface area contributed by atoms with Gasteiger partial charge in [0.2, 0.25) is 5.91 Å². The average molecular weight is 418 g/mol. The number of carbonyl (C=O) groups excluding carboxylic acids is 1. The largest absolute Gasteiger partial charge is 0.493 e. The molecule has 1 aromatic carbocycles. The second-order valence-corrected chi connectivity index (χ2v) is 8.16. The molecular formula is C21H24ClN3O2S. The summed E-state index contributed by atoms with van der Waals surface area (Å²) in [7, 11) is 0. The predicted molar refractivity (Wildman–Crippen MR) is 116 cm³/mol. The summed E-state index contributed by atoms with van der Waals surface area (Å²) < 4.78 is 5.85. The molecule has 1 amide bonds. The Hall–Kier alpha value is -2.02. The molecule has 0 aromatic heterocycles. The summed E-state index contributed by atoms with van der Waals surface area (Å²) in [4.78, 5) is 11.8. The number of hydrogen-bond donors (Lipinski definition) is 1. The van der Waals surface area contributed by atoms with Crippen molar-refractivity contribution in [3.8, 4) is 0 Å². The summed E-state index contributed by atoms with van der Waals surface area (Å²) >= 11 is 7.74. The van der Waals surface area contributed by atoms with Crippen LogP contribution < -0.4 is 5.73 Å². The van der Waals surface area contributed by atoms with Gasteiger partial charge in [-0.15, -0.1) is 0 Å². The van der Waals surface area contributed by atoms with E-state index in [9.17, 15) is 4.79 Å². The number of nitrogens with zero attached hydrogens (tertiary/aromatic N) is 2. The molecule has 1 aliphatic carbocycles. The Labute approximate surface area is 174 Å². The Morgan fingerprint density at radius 2 is 2.14 bits per heavy atom. The van der Waals surface area contributed by atoms with E-state index in [-0.39, 0.29) is 5.91 Å². The number of rotatable bonds is 1. The van der Waals surface area contributed by atoms with Gasteiger partial charge in [-0.3, -0.25) is 4.79 Å². The quantitative estimate of drug-likeness (QED) is 0.733. The van der Waals surface area contributed by atoms with Crippen molar-refractivity contribution < 1.29 is 9.53 Å². The molecule has 1 atom stereocenters. The van der Waals surface area contributed by atoms with E-state index >= 15 is 0 Å². The highest BCUT2D eigenvalue weighted by Crippen LogP contribution is 2.50. The van der Waals surface area contributed by atoms with Gasteiger partial charge in [0.05, 0.1) is 6.61 Å². The molecule has 28 heavy (non-hydrogen) atoms. The third-order valence-corrected chi connectivity index (χ3v) is 6.06. The van der Waals surface area contributed by atoms with Gasteiger partial charge in [0.25, 0.3) is 0 Å². The molecule has 0 radical (unpaired) electrons.